The van der Waals surface area contributed by atoms with Crippen LogP contribution in [0.15, 0.2) is 59.7 Å². The van der Waals surface area contributed by atoms with E-state index in [1.165, 1.54) is 7.11 Å². The van der Waals surface area contributed by atoms with Gasteiger partial charge in [-0.3, -0.25) is 4.79 Å². The van der Waals surface area contributed by atoms with Crippen LogP contribution in [0.1, 0.15) is 28.6 Å². The number of benzene rings is 2. The predicted octanol–water partition coefficient (Wildman–Crippen LogP) is 5.24. The number of methoxy groups -OCH3 is 1. The molecule has 0 spiro atoms. The number of carbonyl (C=O) groups excluding carboxylic acids is 1. The number of rotatable bonds is 6. The van der Waals surface area contributed by atoms with Crippen LogP contribution in [0, 0.1) is 13.8 Å². The summed E-state index contributed by atoms with van der Waals surface area (Å²) < 4.78 is 7.34. The van der Waals surface area contributed by atoms with Crippen molar-refractivity contribution in [3.8, 4) is 5.69 Å². The van der Waals surface area contributed by atoms with Gasteiger partial charge in [0.2, 0.25) is 0 Å². The molecule has 29 heavy (non-hydrogen) atoms. The van der Waals surface area contributed by atoms with E-state index >= 15 is 0 Å². The van der Waals surface area contributed by atoms with Gasteiger partial charge in [0.05, 0.1) is 6.21 Å². The van der Waals surface area contributed by atoms with Crippen molar-refractivity contribution in [3.63, 3.8) is 0 Å². The van der Waals surface area contributed by atoms with Gasteiger partial charge in [-0.15, -0.1) is 0 Å². The van der Waals surface area contributed by atoms with Gasteiger partial charge in [0.15, 0.2) is 6.10 Å². The fourth-order valence-corrected chi connectivity index (χ4v) is 3.74. The van der Waals surface area contributed by atoms with E-state index in [-0.39, 0.29) is 5.91 Å². The molecule has 0 aliphatic carbocycles. The Morgan fingerprint density at radius 3 is 2.38 bits per heavy atom. The molecule has 0 saturated heterocycles. The molecule has 0 saturated carbocycles. The molecule has 1 atom stereocenters. The van der Waals surface area contributed by atoms with Crippen LogP contribution in [0.2, 0.25) is 10.0 Å². The van der Waals surface area contributed by atoms with E-state index < -0.39 is 6.10 Å². The largest absolute Gasteiger partial charge is 0.367 e. The topological polar surface area (TPSA) is 55.6 Å². The third-order valence-corrected chi connectivity index (χ3v) is 4.97. The van der Waals surface area contributed by atoms with E-state index in [1.807, 2.05) is 66.9 Å². The van der Waals surface area contributed by atoms with E-state index in [9.17, 15) is 4.79 Å². The van der Waals surface area contributed by atoms with E-state index in [0.29, 0.717) is 10.0 Å². The average molecular weight is 430 g/mol. The lowest BCUT2D eigenvalue weighted by Crippen LogP contribution is -2.26. The Bertz CT molecular complexity index is 1030. The number of hydrogen-bond donors (Lipinski definition) is 1. The van der Waals surface area contributed by atoms with Gasteiger partial charge < -0.3 is 9.30 Å². The van der Waals surface area contributed by atoms with Crippen molar-refractivity contribution in [2.24, 2.45) is 5.10 Å². The summed E-state index contributed by atoms with van der Waals surface area (Å²) in [5.74, 6) is -0.342. The van der Waals surface area contributed by atoms with Crippen molar-refractivity contribution >= 4 is 35.3 Å². The Labute approximate surface area is 179 Å². The lowest BCUT2D eigenvalue weighted by molar-refractivity contribution is -0.131. The predicted molar refractivity (Wildman–Crippen MR) is 117 cm³/mol. The Morgan fingerprint density at radius 1 is 1.10 bits per heavy atom. The maximum absolute atomic E-state index is 12.4. The molecule has 5 nitrogen and oxygen atoms in total. The molecule has 1 N–H and O–H groups in total. The highest BCUT2D eigenvalue weighted by Gasteiger charge is 2.19. The normalized spacial score (nSPS) is 12.3. The molecule has 7 heteroatoms. The molecule has 0 bridgehead atoms. The average Bonchev–Trinajstić information content (AvgIpc) is 2.96. The molecule has 3 aromatic rings. The molecule has 1 amide bonds. The standard InChI is InChI=1S/C22H21Cl2N3O2/c1-14-9-17(15(2)27(14)20-11-18(23)10-19(24)12-20)13-25-26-22(28)21(29-3)16-7-5-4-6-8-16/h4-13,21H,1-3H3,(H,26,28)/b25-13-/t21-/m1/s1. The SMILES string of the molecule is CO[C@@H](C(=O)N/N=C\c1cc(C)n(-c2cc(Cl)cc(Cl)c2)c1C)c1ccccc1. The second-order valence-electron chi connectivity index (χ2n) is 6.55. The summed E-state index contributed by atoms with van der Waals surface area (Å²) in [5.41, 5.74) is 6.99. The minimum Gasteiger partial charge on any atom is -0.367 e. The minimum atomic E-state index is -0.727. The number of ether oxygens (including phenoxy) is 1. The van der Waals surface area contributed by atoms with Crippen LogP contribution in [0.25, 0.3) is 5.69 Å². The number of halogens is 2. The molecule has 150 valence electrons. The third-order valence-electron chi connectivity index (χ3n) is 4.53. The molecule has 1 heterocycles. The number of amides is 1. The van der Waals surface area contributed by atoms with E-state index in [2.05, 4.69) is 10.5 Å². The lowest BCUT2D eigenvalue weighted by Gasteiger charge is -2.13. The van der Waals surface area contributed by atoms with Crippen LogP contribution in [-0.2, 0) is 9.53 Å². The molecule has 2 aromatic carbocycles. The summed E-state index contributed by atoms with van der Waals surface area (Å²) >= 11 is 12.3. The molecule has 0 aliphatic rings. The van der Waals surface area contributed by atoms with Crippen molar-refractivity contribution in [2.75, 3.05) is 7.11 Å². The zero-order chi connectivity index (χ0) is 21.0. The van der Waals surface area contributed by atoms with Gasteiger partial charge in [0.1, 0.15) is 0 Å². The zero-order valence-corrected chi connectivity index (χ0v) is 17.8. The number of hydrazone groups is 1. The maximum atomic E-state index is 12.4. The first kappa shape index (κ1) is 21.1. The first-order valence-corrected chi connectivity index (χ1v) is 9.72. The maximum Gasteiger partial charge on any atom is 0.273 e. The number of nitrogens with one attached hydrogen (secondary N) is 1. The van der Waals surface area contributed by atoms with Gasteiger partial charge in [-0.25, -0.2) is 5.43 Å². The van der Waals surface area contributed by atoms with E-state index in [0.717, 1.165) is 28.2 Å². The van der Waals surface area contributed by atoms with Gasteiger partial charge in [-0.05, 0) is 43.7 Å². The monoisotopic (exact) mass is 429 g/mol. The summed E-state index contributed by atoms with van der Waals surface area (Å²) in [5, 5.41) is 5.24. The summed E-state index contributed by atoms with van der Waals surface area (Å²) in [4.78, 5) is 12.4. The fraction of sp³-hybridized carbons (Fsp3) is 0.182. The zero-order valence-electron chi connectivity index (χ0n) is 16.3. The molecule has 0 aliphatic heterocycles. The molecular weight excluding hydrogens is 409 g/mol. The fourth-order valence-electron chi connectivity index (χ4n) is 3.23. The van der Waals surface area contributed by atoms with Crippen LogP contribution >= 0.6 is 23.2 Å². The van der Waals surface area contributed by atoms with Crippen LogP contribution < -0.4 is 5.43 Å². The summed E-state index contributed by atoms with van der Waals surface area (Å²) in [6, 6.07) is 16.6. The van der Waals surface area contributed by atoms with Crippen LogP contribution in [0.4, 0.5) is 0 Å². The Hall–Kier alpha value is -2.60. The Balaban J connectivity index is 1.79. The first-order valence-electron chi connectivity index (χ1n) is 8.96. The highest BCUT2D eigenvalue weighted by molar-refractivity contribution is 6.34. The Morgan fingerprint density at radius 2 is 1.76 bits per heavy atom. The third kappa shape index (κ3) is 4.88. The van der Waals surface area contributed by atoms with E-state index in [1.54, 1.807) is 12.3 Å². The Kier molecular flexibility index (Phi) is 6.75. The lowest BCUT2D eigenvalue weighted by atomic mass is 10.1. The summed E-state index contributed by atoms with van der Waals surface area (Å²) in [6.07, 6.45) is 0.884. The molecule has 0 radical (unpaired) electrons. The van der Waals surface area contributed by atoms with Crippen LogP contribution in [0.5, 0.6) is 0 Å². The first-order chi connectivity index (χ1) is 13.9. The van der Waals surface area contributed by atoms with E-state index in [4.69, 9.17) is 27.9 Å². The highest BCUT2D eigenvalue weighted by atomic mass is 35.5. The molecule has 0 unspecified atom stereocenters. The minimum absolute atomic E-state index is 0.342. The van der Waals surface area contributed by atoms with Gasteiger partial charge >= 0.3 is 0 Å². The second-order valence-corrected chi connectivity index (χ2v) is 7.42. The summed E-state index contributed by atoms with van der Waals surface area (Å²) in [7, 11) is 1.49. The van der Waals surface area contributed by atoms with Crippen molar-refractivity contribution in [1.82, 2.24) is 9.99 Å². The van der Waals surface area contributed by atoms with Crippen LogP contribution in [0.3, 0.4) is 0 Å². The number of carbonyl (C=O) groups is 1. The molecular formula is C22H21Cl2N3O2. The number of hydrogen-bond acceptors (Lipinski definition) is 3. The number of nitrogens with zero attached hydrogens (tertiary/aromatic N) is 2. The highest BCUT2D eigenvalue weighted by Crippen LogP contribution is 2.26. The summed E-state index contributed by atoms with van der Waals surface area (Å²) in [6.45, 7) is 3.95. The van der Waals surface area contributed by atoms with Gasteiger partial charge in [0.25, 0.3) is 5.91 Å². The van der Waals surface area contributed by atoms with Crippen molar-refractivity contribution in [2.45, 2.75) is 20.0 Å². The van der Waals surface area contributed by atoms with Gasteiger partial charge in [0, 0.05) is 39.8 Å². The molecule has 3 rings (SSSR count). The van der Waals surface area contributed by atoms with Crippen molar-refractivity contribution in [1.29, 1.82) is 0 Å². The van der Waals surface area contributed by atoms with Crippen molar-refractivity contribution < 1.29 is 9.53 Å². The van der Waals surface area contributed by atoms with Crippen LogP contribution in [-0.4, -0.2) is 23.8 Å². The number of aromatic nitrogens is 1. The van der Waals surface area contributed by atoms with Gasteiger partial charge in [-0.2, -0.15) is 5.10 Å². The second kappa shape index (κ2) is 9.27. The molecule has 1 aromatic heterocycles. The smallest absolute Gasteiger partial charge is 0.273 e. The quantitative estimate of drug-likeness (QED) is 0.430. The van der Waals surface area contributed by atoms with Crippen molar-refractivity contribution in [3.05, 3.63) is 87.2 Å². The molecule has 0 fully saturated rings. The number of aryl methyl sites for hydroxylation is 1. The van der Waals surface area contributed by atoms with Gasteiger partial charge in [-0.1, -0.05) is 53.5 Å².